The zero-order chi connectivity index (χ0) is 16.6. The topological polar surface area (TPSA) is 44.7 Å². The molecule has 23 heavy (non-hydrogen) atoms. The van der Waals surface area contributed by atoms with Crippen LogP contribution in [-0.4, -0.2) is 30.5 Å². The van der Waals surface area contributed by atoms with Crippen molar-refractivity contribution < 1.29 is 9.84 Å². The van der Waals surface area contributed by atoms with E-state index in [0.29, 0.717) is 12.5 Å². The minimum Gasteiger partial charge on any atom is -0.595 e. The summed E-state index contributed by atoms with van der Waals surface area (Å²) in [4.78, 5) is 4.03. The van der Waals surface area contributed by atoms with E-state index >= 15 is 0 Å². The Morgan fingerprint density at radius 1 is 1.30 bits per heavy atom. The van der Waals surface area contributed by atoms with Gasteiger partial charge < -0.3 is 9.84 Å². The van der Waals surface area contributed by atoms with Gasteiger partial charge in [-0.05, 0) is 23.5 Å². The van der Waals surface area contributed by atoms with E-state index in [2.05, 4.69) is 31.3 Å². The molecule has 0 aliphatic rings. The van der Waals surface area contributed by atoms with E-state index in [4.69, 9.17) is 4.74 Å². The molecular formula is C19H29LiNO2-. The van der Waals surface area contributed by atoms with Crippen LogP contribution < -0.4 is 5.11 Å². The number of hydrogen-bond acceptors (Lipinski definition) is 3. The van der Waals surface area contributed by atoms with E-state index in [0.717, 1.165) is 5.56 Å². The smallest absolute Gasteiger partial charge is 0.146 e. The Bertz CT molecular complexity index is 481. The summed E-state index contributed by atoms with van der Waals surface area (Å²) in [5.41, 5.74) is 1.73. The van der Waals surface area contributed by atoms with Crippen LogP contribution in [0.15, 0.2) is 29.3 Å². The number of aliphatic imine (C=N–C) groups is 1. The average molecular weight is 310 g/mol. The molecule has 0 heterocycles. The summed E-state index contributed by atoms with van der Waals surface area (Å²) < 4.78 is 5.22. The molecule has 0 N–H and O–H groups in total. The van der Waals surface area contributed by atoms with Gasteiger partial charge in [0.05, 0.1) is 6.54 Å². The van der Waals surface area contributed by atoms with Crippen molar-refractivity contribution >= 4 is 24.9 Å². The molecule has 0 saturated carbocycles. The standard InChI is InChI=1S/C19H30NO2.Li/c1-6-7-10-15(2)13-16-11-8-9-12-17(16)14-20-18(21)22-19(3,4)5;/h8-9,11-13,15H,6-7,10,14H2,1-5H3,(H,20,21);/p-1/t15-;/m0./s1. The van der Waals surface area contributed by atoms with Gasteiger partial charge in [-0.3, -0.25) is 4.99 Å². The number of nitrogens with zero attached hydrogens (tertiary/aromatic N) is 1. The molecule has 0 amide bonds. The quantitative estimate of drug-likeness (QED) is 0.438. The fourth-order valence-corrected chi connectivity index (χ4v) is 2.20. The van der Waals surface area contributed by atoms with Crippen molar-refractivity contribution in [2.45, 2.75) is 66.0 Å². The van der Waals surface area contributed by atoms with Gasteiger partial charge in [-0.2, -0.15) is 0 Å². The molecule has 0 aromatic heterocycles. The maximum atomic E-state index is 11.7. The molecule has 1 aromatic carbocycles. The molecule has 0 saturated heterocycles. The second-order valence-corrected chi connectivity index (χ2v) is 6.78. The number of rotatable bonds is 7. The fraction of sp³-hybridized carbons (Fsp3) is 0.579. The van der Waals surface area contributed by atoms with E-state index in [1.165, 1.54) is 24.8 Å². The van der Waals surface area contributed by atoms with Gasteiger partial charge in [0.1, 0.15) is 6.08 Å². The molecule has 1 rings (SSSR count). The van der Waals surface area contributed by atoms with Crippen LogP contribution in [0.3, 0.4) is 0 Å². The van der Waals surface area contributed by atoms with Gasteiger partial charge in [-0.25, -0.2) is 0 Å². The first kappa shape index (κ1) is 22.1. The average Bonchev–Trinajstić information content (AvgIpc) is 2.42. The van der Waals surface area contributed by atoms with E-state index in [-0.39, 0.29) is 18.9 Å². The normalized spacial score (nSPS) is 13.3. The Hall–Kier alpha value is -0.913. The number of benzene rings is 1. The molecule has 0 aliphatic heterocycles. The first-order valence-corrected chi connectivity index (χ1v) is 8.15. The second-order valence-electron chi connectivity index (χ2n) is 6.78. The van der Waals surface area contributed by atoms with Crippen LogP contribution in [-0.2, 0) is 11.3 Å². The fourth-order valence-electron chi connectivity index (χ4n) is 2.20. The molecule has 0 bridgehead atoms. The Balaban J connectivity index is 0.00000484. The van der Waals surface area contributed by atoms with Crippen LogP contribution in [0.25, 0.3) is 0 Å². The van der Waals surface area contributed by atoms with Crippen molar-refractivity contribution in [2.24, 2.45) is 10.9 Å². The summed E-state index contributed by atoms with van der Waals surface area (Å²) >= 11 is 0. The third-order valence-corrected chi connectivity index (χ3v) is 3.30. The zero-order valence-corrected chi connectivity index (χ0v) is 15.6. The summed E-state index contributed by atoms with van der Waals surface area (Å²) in [7, 11) is 0. The Morgan fingerprint density at radius 2 is 1.96 bits per heavy atom. The number of unbranched alkanes of at least 4 members (excludes halogenated alkanes) is 1. The van der Waals surface area contributed by atoms with Gasteiger partial charge in [-0.15, -0.1) is 0 Å². The summed E-state index contributed by atoms with van der Waals surface area (Å²) in [5.74, 6) is 0.530. The molecule has 1 aromatic rings. The molecule has 2 radical (unpaired) electrons. The molecule has 0 fully saturated rings. The maximum Gasteiger partial charge on any atom is 0.146 e. The Morgan fingerprint density at radius 3 is 2.57 bits per heavy atom. The number of hydrogen-bond donors (Lipinski definition) is 0. The minimum absolute atomic E-state index is 0. The first-order chi connectivity index (χ1) is 10.3. The third kappa shape index (κ3) is 9.74. The summed E-state index contributed by atoms with van der Waals surface area (Å²) in [5, 5.41) is 11.7. The monoisotopic (exact) mass is 310 g/mol. The zero-order valence-electron chi connectivity index (χ0n) is 15.6. The predicted molar refractivity (Wildman–Crippen MR) is 96.3 cm³/mol. The van der Waals surface area contributed by atoms with E-state index in [1.807, 2.05) is 39.0 Å². The van der Waals surface area contributed by atoms with E-state index in [1.54, 1.807) is 0 Å². The van der Waals surface area contributed by atoms with E-state index < -0.39 is 11.7 Å². The van der Waals surface area contributed by atoms with Gasteiger partial charge in [-0.1, -0.05) is 78.1 Å². The predicted octanol–water partition coefficient (Wildman–Crippen LogP) is 3.72. The van der Waals surface area contributed by atoms with Crippen molar-refractivity contribution in [2.75, 3.05) is 0 Å². The van der Waals surface area contributed by atoms with Gasteiger partial charge in [0.15, 0.2) is 0 Å². The van der Waals surface area contributed by atoms with Crippen LogP contribution in [0.2, 0.25) is 0 Å². The van der Waals surface area contributed by atoms with Crippen LogP contribution in [0.5, 0.6) is 0 Å². The van der Waals surface area contributed by atoms with Gasteiger partial charge in [0.2, 0.25) is 0 Å². The molecule has 4 heteroatoms. The van der Waals surface area contributed by atoms with Crippen LogP contribution in [0, 0.1) is 12.3 Å². The molecule has 1 atom stereocenters. The molecule has 0 unspecified atom stereocenters. The van der Waals surface area contributed by atoms with Crippen molar-refractivity contribution in [3.05, 3.63) is 41.8 Å². The van der Waals surface area contributed by atoms with Gasteiger partial charge in [0.25, 0.3) is 0 Å². The first-order valence-electron chi connectivity index (χ1n) is 8.15. The van der Waals surface area contributed by atoms with Crippen LogP contribution >= 0.6 is 0 Å². The molecule has 0 spiro atoms. The van der Waals surface area contributed by atoms with Crippen molar-refractivity contribution in [3.63, 3.8) is 0 Å². The summed E-state index contributed by atoms with van der Waals surface area (Å²) in [6.07, 6.45) is 5.42. The molecule has 0 aliphatic carbocycles. The number of ether oxygens (including phenoxy) is 1. The Labute approximate surface area is 153 Å². The summed E-state index contributed by atoms with van der Waals surface area (Å²) in [6.45, 7) is 10.3. The SMILES string of the molecule is CCCC[C@H](C)[CH]c1ccccc1CN=C([O-])OC(C)(C)C.[Li]. The molecule has 124 valence electrons. The van der Waals surface area contributed by atoms with Crippen molar-refractivity contribution in [3.8, 4) is 0 Å². The second kappa shape index (κ2) is 10.8. The maximum absolute atomic E-state index is 11.7. The van der Waals surface area contributed by atoms with Gasteiger partial charge in [0, 0.05) is 24.5 Å². The van der Waals surface area contributed by atoms with Crippen molar-refractivity contribution in [1.29, 1.82) is 0 Å². The van der Waals surface area contributed by atoms with Crippen LogP contribution in [0.1, 0.15) is 65.0 Å². The van der Waals surface area contributed by atoms with E-state index in [9.17, 15) is 5.11 Å². The Kier molecular flexibility index (Phi) is 10.4. The van der Waals surface area contributed by atoms with Crippen LogP contribution in [0.4, 0.5) is 0 Å². The molecule has 3 nitrogen and oxygen atoms in total. The molecular weight excluding hydrogens is 281 g/mol. The van der Waals surface area contributed by atoms with Crippen molar-refractivity contribution in [1.82, 2.24) is 0 Å². The largest absolute Gasteiger partial charge is 0.595 e. The third-order valence-electron chi connectivity index (χ3n) is 3.30. The summed E-state index contributed by atoms with van der Waals surface area (Å²) in [6, 6.07) is 8.11. The minimum atomic E-state index is -0.499. The van der Waals surface area contributed by atoms with Gasteiger partial charge >= 0.3 is 0 Å².